The monoisotopic (exact) mass is 127 g/mol. The molecule has 0 aromatic rings. The van der Waals surface area contributed by atoms with Crippen molar-refractivity contribution in [2.45, 2.75) is 32.1 Å². The summed E-state index contributed by atoms with van der Waals surface area (Å²) in [5.41, 5.74) is 5.78. The molecule has 1 aliphatic carbocycles. The number of fused-ring (bicyclic) bond motifs is 1. The van der Waals surface area contributed by atoms with Crippen LogP contribution in [0.3, 0.4) is 0 Å². The van der Waals surface area contributed by atoms with E-state index in [0.29, 0.717) is 30.1 Å². The average molecular weight is 127 g/mol. The van der Waals surface area contributed by atoms with Crippen LogP contribution in [0.5, 0.6) is 0 Å². The van der Waals surface area contributed by atoms with E-state index < -0.39 is 0 Å². The van der Waals surface area contributed by atoms with Crippen LogP contribution in [0.25, 0.3) is 0 Å². The van der Waals surface area contributed by atoms with Crippen molar-refractivity contribution < 1.29 is 4.74 Å². The van der Waals surface area contributed by atoms with Crippen LogP contribution >= 0.6 is 0 Å². The fourth-order valence-corrected chi connectivity index (χ4v) is 1.87. The van der Waals surface area contributed by atoms with Crippen LogP contribution in [0.4, 0.5) is 0 Å². The van der Waals surface area contributed by atoms with Crippen molar-refractivity contribution in [3.8, 4) is 0 Å². The van der Waals surface area contributed by atoms with Gasteiger partial charge >= 0.3 is 0 Å². The summed E-state index contributed by atoms with van der Waals surface area (Å²) >= 11 is 0. The van der Waals surface area contributed by atoms with Gasteiger partial charge in [0, 0.05) is 12.0 Å². The third kappa shape index (κ3) is 0.578. The quantitative estimate of drug-likeness (QED) is 0.517. The molecule has 2 aliphatic rings. The standard InChI is InChI=1S/C7H13NO/c1-3(2)4-5(8)7-6(4)9-7/h3-7H,8H2,1-2H3. The molecule has 0 aromatic heterocycles. The Labute approximate surface area is 55.4 Å². The van der Waals surface area contributed by atoms with Crippen LogP contribution in [0.15, 0.2) is 0 Å². The summed E-state index contributed by atoms with van der Waals surface area (Å²) in [6, 6.07) is 0.343. The molecule has 1 aliphatic heterocycles. The smallest absolute Gasteiger partial charge is 0.0999 e. The fourth-order valence-electron chi connectivity index (χ4n) is 1.87. The zero-order chi connectivity index (χ0) is 6.59. The van der Waals surface area contributed by atoms with Crippen molar-refractivity contribution in [1.82, 2.24) is 0 Å². The van der Waals surface area contributed by atoms with Crippen LogP contribution in [0.1, 0.15) is 13.8 Å². The molecule has 0 amide bonds. The molecule has 52 valence electrons. The Morgan fingerprint density at radius 2 is 2.00 bits per heavy atom. The highest BCUT2D eigenvalue weighted by molar-refractivity contribution is 5.13. The van der Waals surface area contributed by atoms with Crippen molar-refractivity contribution in [2.24, 2.45) is 17.6 Å². The van der Waals surface area contributed by atoms with Gasteiger partial charge in [0.15, 0.2) is 0 Å². The second-order valence-electron chi connectivity index (χ2n) is 3.46. The van der Waals surface area contributed by atoms with Crippen molar-refractivity contribution in [2.75, 3.05) is 0 Å². The first-order chi connectivity index (χ1) is 4.22. The van der Waals surface area contributed by atoms with Gasteiger partial charge in [0.2, 0.25) is 0 Å². The van der Waals surface area contributed by atoms with Gasteiger partial charge in [0.1, 0.15) is 0 Å². The van der Waals surface area contributed by atoms with E-state index >= 15 is 0 Å². The van der Waals surface area contributed by atoms with Crippen LogP contribution in [0.2, 0.25) is 0 Å². The van der Waals surface area contributed by atoms with Gasteiger partial charge in [-0.05, 0) is 5.92 Å². The normalized spacial score (nSPS) is 54.7. The molecule has 2 nitrogen and oxygen atoms in total. The lowest BCUT2D eigenvalue weighted by molar-refractivity contribution is 0.240. The van der Waals surface area contributed by atoms with E-state index in [4.69, 9.17) is 10.5 Å². The Morgan fingerprint density at radius 3 is 2.22 bits per heavy atom. The van der Waals surface area contributed by atoms with E-state index in [-0.39, 0.29) is 0 Å². The first-order valence-electron chi connectivity index (χ1n) is 3.63. The predicted molar refractivity (Wildman–Crippen MR) is 35.0 cm³/mol. The van der Waals surface area contributed by atoms with Crippen molar-refractivity contribution >= 4 is 0 Å². The molecule has 2 fully saturated rings. The molecule has 1 saturated heterocycles. The number of hydrogen-bond donors (Lipinski definition) is 1. The molecular weight excluding hydrogens is 114 g/mol. The third-order valence-electron chi connectivity index (χ3n) is 2.53. The highest BCUT2D eigenvalue weighted by Crippen LogP contribution is 2.49. The summed E-state index contributed by atoms with van der Waals surface area (Å²) in [5.74, 6) is 1.35. The van der Waals surface area contributed by atoms with Gasteiger partial charge in [-0.1, -0.05) is 13.8 Å². The van der Waals surface area contributed by atoms with Gasteiger partial charge < -0.3 is 10.5 Å². The van der Waals surface area contributed by atoms with Gasteiger partial charge in [-0.25, -0.2) is 0 Å². The van der Waals surface area contributed by atoms with Crippen molar-refractivity contribution in [3.63, 3.8) is 0 Å². The Bertz CT molecular complexity index is 133. The Morgan fingerprint density at radius 1 is 1.33 bits per heavy atom. The van der Waals surface area contributed by atoms with E-state index in [1.54, 1.807) is 0 Å². The van der Waals surface area contributed by atoms with E-state index in [0.717, 1.165) is 0 Å². The summed E-state index contributed by atoms with van der Waals surface area (Å²) in [6.07, 6.45) is 0.984. The number of ether oxygens (including phenoxy) is 1. The molecule has 1 heterocycles. The number of rotatable bonds is 1. The second kappa shape index (κ2) is 1.50. The molecule has 1 saturated carbocycles. The lowest BCUT2D eigenvalue weighted by Crippen LogP contribution is -2.50. The molecule has 0 spiro atoms. The van der Waals surface area contributed by atoms with Crippen LogP contribution in [-0.4, -0.2) is 18.2 Å². The maximum Gasteiger partial charge on any atom is 0.0999 e. The second-order valence-corrected chi connectivity index (χ2v) is 3.46. The average Bonchev–Trinajstić information content (AvgIpc) is 2.41. The lowest BCUT2D eigenvalue weighted by Gasteiger charge is -2.31. The van der Waals surface area contributed by atoms with Crippen molar-refractivity contribution in [1.29, 1.82) is 0 Å². The van der Waals surface area contributed by atoms with Gasteiger partial charge in [-0.2, -0.15) is 0 Å². The molecule has 0 radical (unpaired) electrons. The lowest BCUT2D eigenvalue weighted by atomic mass is 9.73. The Balaban J connectivity index is 1.99. The molecule has 2 rings (SSSR count). The largest absolute Gasteiger partial charge is 0.368 e. The molecule has 4 atom stereocenters. The van der Waals surface area contributed by atoms with Crippen LogP contribution in [0, 0.1) is 11.8 Å². The summed E-state index contributed by atoms with van der Waals surface area (Å²) < 4.78 is 5.29. The third-order valence-corrected chi connectivity index (χ3v) is 2.53. The summed E-state index contributed by atoms with van der Waals surface area (Å²) in [7, 11) is 0. The minimum atomic E-state index is 0.343. The van der Waals surface area contributed by atoms with Gasteiger partial charge in [-0.3, -0.25) is 0 Å². The molecule has 9 heavy (non-hydrogen) atoms. The fraction of sp³-hybridized carbons (Fsp3) is 1.00. The molecule has 2 heteroatoms. The van der Waals surface area contributed by atoms with E-state index in [9.17, 15) is 0 Å². The summed E-state index contributed by atoms with van der Waals surface area (Å²) in [5, 5.41) is 0. The number of epoxide rings is 1. The Hall–Kier alpha value is -0.0800. The summed E-state index contributed by atoms with van der Waals surface area (Å²) in [4.78, 5) is 0. The van der Waals surface area contributed by atoms with Crippen LogP contribution < -0.4 is 5.73 Å². The number of hydrogen-bond acceptors (Lipinski definition) is 2. The minimum absolute atomic E-state index is 0.343. The van der Waals surface area contributed by atoms with Crippen molar-refractivity contribution in [3.05, 3.63) is 0 Å². The van der Waals surface area contributed by atoms with E-state index in [1.807, 2.05) is 0 Å². The maximum atomic E-state index is 5.78. The molecule has 0 bridgehead atoms. The first kappa shape index (κ1) is 5.69. The molecule has 4 unspecified atom stereocenters. The molecular formula is C7H13NO. The predicted octanol–water partition coefficient (Wildman–Crippen LogP) is 0.367. The van der Waals surface area contributed by atoms with E-state index in [1.165, 1.54) is 0 Å². The SMILES string of the molecule is CC(C)C1C(N)C2OC21. The Kier molecular flexibility index (Phi) is 0.945. The maximum absolute atomic E-state index is 5.78. The minimum Gasteiger partial charge on any atom is -0.368 e. The highest BCUT2D eigenvalue weighted by atomic mass is 16.6. The van der Waals surface area contributed by atoms with Gasteiger partial charge in [0.05, 0.1) is 12.2 Å². The zero-order valence-electron chi connectivity index (χ0n) is 5.87. The topological polar surface area (TPSA) is 38.5 Å². The first-order valence-corrected chi connectivity index (χ1v) is 3.63. The molecule has 0 aromatic carbocycles. The van der Waals surface area contributed by atoms with Crippen LogP contribution in [-0.2, 0) is 4.74 Å². The zero-order valence-corrected chi connectivity index (χ0v) is 5.87. The van der Waals surface area contributed by atoms with Gasteiger partial charge in [-0.15, -0.1) is 0 Å². The number of nitrogens with two attached hydrogens (primary N) is 1. The summed E-state index contributed by atoms with van der Waals surface area (Å²) in [6.45, 7) is 4.42. The van der Waals surface area contributed by atoms with Gasteiger partial charge in [0.25, 0.3) is 0 Å². The molecule has 2 N–H and O–H groups in total. The van der Waals surface area contributed by atoms with E-state index in [2.05, 4.69) is 13.8 Å². The highest BCUT2D eigenvalue weighted by Gasteiger charge is 2.63.